The Morgan fingerprint density at radius 1 is 1.50 bits per heavy atom. The fraction of sp³-hybridized carbons (Fsp3) is 0.714. The maximum Gasteiger partial charge on any atom is 0.339 e. The first-order valence-corrected chi connectivity index (χ1v) is 7.08. The lowest BCUT2D eigenvalue weighted by molar-refractivity contribution is 0.0695. The molecule has 1 aliphatic rings. The van der Waals surface area contributed by atoms with Crippen LogP contribution >= 0.6 is 0 Å². The van der Waals surface area contributed by atoms with Crippen LogP contribution in [0, 0.1) is 0 Å². The van der Waals surface area contributed by atoms with Crippen molar-refractivity contribution in [1.29, 1.82) is 0 Å². The highest BCUT2D eigenvalue weighted by molar-refractivity contribution is 5.88. The molecule has 0 bridgehead atoms. The number of hydrogen-bond acceptors (Lipinski definition) is 4. The van der Waals surface area contributed by atoms with Gasteiger partial charge in [0.15, 0.2) is 0 Å². The van der Waals surface area contributed by atoms with E-state index in [1.807, 2.05) is 0 Å². The minimum Gasteiger partial charge on any atom is -0.478 e. The lowest BCUT2D eigenvalue weighted by atomic mass is 9.96. The predicted molar refractivity (Wildman–Crippen MR) is 76.8 cm³/mol. The van der Waals surface area contributed by atoms with Crippen molar-refractivity contribution in [2.24, 2.45) is 7.05 Å². The largest absolute Gasteiger partial charge is 0.478 e. The second-order valence-electron chi connectivity index (χ2n) is 5.86. The first kappa shape index (κ1) is 15.0. The van der Waals surface area contributed by atoms with E-state index in [9.17, 15) is 4.79 Å². The third kappa shape index (κ3) is 2.86. The van der Waals surface area contributed by atoms with E-state index in [2.05, 4.69) is 29.4 Å². The van der Waals surface area contributed by atoms with Crippen molar-refractivity contribution in [1.82, 2.24) is 20.0 Å². The molecule has 0 unspecified atom stereocenters. The number of aryl methyl sites for hydroxylation is 1. The van der Waals surface area contributed by atoms with E-state index in [-0.39, 0.29) is 11.1 Å². The summed E-state index contributed by atoms with van der Waals surface area (Å²) in [7, 11) is 6.03. The average Bonchev–Trinajstić information content (AvgIpc) is 2.98. The normalized spacial score (nSPS) is 17.8. The van der Waals surface area contributed by atoms with E-state index in [1.54, 1.807) is 11.7 Å². The van der Waals surface area contributed by atoms with E-state index in [0.717, 1.165) is 12.2 Å². The lowest BCUT2D eigenvalue weighted by Crippen LogP contribution is -2.49. The second kappa shape index (κ2) is 5.93. The summed E-state index contributed by atoms with van der Waals surface area (Å²) in [6.07, 6.45) is 6.35. The number of likely N-dealkylation sites (N-methyl/N-ethyl adjacent to an activating group) is 1. The van der Waals surface area contributed by atoms with Gasteiger partial charge in [-0.1, -0.05) is 12.8 Å². The van der Waals surface area contributed by atoms with Crippen molar-refractivity contribution in [2.75, 3.05) is 20.6 Å². The highest BCUT2D eigenvalue weighted by Gasteiger charge is 2.35. The number of nitrogens with zero attached hydrogens (tertiary/aromatic N) is 3. The average molecular weight is 280 g/mol. The summed E-state index contributed by atoms with van der Waals surface area (Å²) < 4.78 is 1.63. The molecular formula is C14H24N4O2. The van der Waals surface area contributed by atoms with E-state index in [4.69, 9.17) is 5.11 Å². The van der Waals surface area contributed by atoms with Crippen molar-refractivity contribution < 1.29 is 9.90 Å². The van der Waals surface area contributed by atoms with Gasteiger partial charge in [-0.2, -0.15) is 5.10 Å². The van der Waals surface area contributed by atoms with Crippen LogP contribution in [0.1, 0.15) is 41.7 Å². The number of carbonyl (C=O) groups is 1. The molecule has 2 N–H and O–H groups in total. The van der Waals surface area contributed by atoms with Crippen LogP contribution in [-0.4, -0.2) is 51.9 Å². The fourth-order valence-corrected chi connectivity index (χ4v) is 3.08. The Labute approximate surface area is 119 Å². The zero-order valence-corrected chi connectivity index (χ0v) is 12.5. The summed E-state index contributed by atoms with van der Waals surface area (Å²) in [4.78, 5) is 13.4. The molecule has 1 aromatic heterocycles. The molecule has 1 heterocycles. The fourth-order valence-electron chi connectivity index (χ4n) is 3.08. The Hall–Kier alpha value is -1.40. The van der Waals surface area contributed by atoms with Crippen LogP contribution in [0.25, 0.3) is 0 Å². The molecule has 2 rings (SSSR count). The lowest BCUT2D eigenvalue weighted by Gasteiger charge is -2.36. The Morgan fingerprint density at radius 3 is 2.70 bits per heavy atom. The van der Waals surface area contributed by atoms with Gasteiger partial charge < -0.3 is 15.3 Å². The maximum absolute atomic E-state index is 11.1. The molecule has 0 spiro atoms. The van der Waals surface area contributed by atoms with Crippen molar-refractivity contribution in [3.8, 4) is 0 Å². The van der Waals surface area contributed by atoms with Crippen LogP contribution in [0.4, 0.5) is 0 Å². The predicted octanol–water partition coefficient (Wildman–Crippen LogP) is 1.08. The molecule has 0 aromatic carbocycles. The Balaban J connectivity index is 1.99. The molecule has 112 valence electrons. The highest BCUT2D eigenvalue weighted by atomic mass is 16.4. The molecule has 0 amide bonds. The maximum atomic E-state index is 11.1. The number of aromatic nitrogens is 2. The van der Waals surface area contributed by atoms with E-state index >= 15 is 0 Å². The van der Waals surface area contributed by atoms with E-state index in [0.29, 0.717) is 6.54 Å². The molecule has 0 saturated heterocycles. The number of carboxylic acid groups (broad SMARTS) is 1. The Morgan fingerprint density at radius 2 is 2.15 bits per heavy atom. The molecule has 6 heteroatoms. The summed E-state index contributed by atoms with van der Waals surface area (Å²) in [5.74, 6) is -0.918. The molecule has 6 nitrogen and oxygen atoms in total. The van der Waals surface area contributed by atoms with Crippen LogP contribution in [0.15, 0.2) is 6.20 Å². The highest BCUT2D eigenvalue weighted by Crippen LogP contribution is 2.33. The van der Waals surface area contributed by atoms with E-state index in [1.165, 1.54) is 31.9 Å². The molecule has 20 heavy (non-hydrogen) atoms. The van der Waals surface area contributed by atoms with Crippen LogP contribution in [0.5, 0.6) is 0 Å². The van der Waals surface area contributed by atoms with Crippen molar-refractivity contribution in [3.05, 3.63) is 17.5 Å². The number of nitrogens with one attached hydrogen (secondary N) is 1. The third-order valence-electron chi connectivity index (χ3n) is 4.52. The van der Waals surface area contributed by atoms with Crippen LogP contribution < -0.4 is 5.32 Å². The number of aromatic carboxylic acids is 1. The van der Waals surface area contributed by atoms with Gasteiger partial charge in [-0.15, -0.1) is 0 Å². The summed E-state index contributed by atoms with van der Waals surface area (Å²) in [6, 6.07) is 0. The molecule has 1 fully saturated rings. The van der Waals surface area contributed by atoms with Crippen LogP contribution in [0.3, 0.4) is 0 Å². The van der Waals surface area contributed by atoms with Crippen molar-refractivity contribution >= 4 is 5.97 Å². The SMILES string of the molecule is CN(C)C1(CNCc2c(C(=O)O)cnn2C)CCCC1. The van der Waals surface area contributed by atoms with Crippen molar-refractivity contribution in [3.63, 3.8) is 0 Å². The quantitative estimate of drug-likeness (QED) is 0.816. The molecular weight excluding hydrogens is 256 g/mol. The smallest absolute Gasteiger partial charge is 0.339 e. The topological polar surface area (TPSA) is 70.4 Å². The van der Waals surface area contributed by atoms with Gasteiger partial charge in [0.2, 0.25) is 0 Å². The first-order chi connectivity index (χ1) is 9.46. The number of rotatable bonds is 6. The van der Waals surface area contributed by atoms with Gasteiger partial charge in [0, 0.05) is 25.7 Å². The number of hydrogen-bond donors (Lipinski definition) is 2. The van der Waals surface area contributed by atoms with E-state index < -0.39 is 5.97 Å². The first-order valence-electron chi connectivity index (χ1n) is 7.08. The second-order valence-corrected chi connectivity index (χ2v) is 5.86. The zero-order valence-electron chi connectivity index (χ0n) is 12.5. The molecule has 0 aliphatic heterocycles. The minimum atomic E-state index is -0.918. The number of carboxylic acids is 1. The van der Waals surface area contributed by atoms with Crippen LogP contribution in [0.2, 0.25) is 0 Å². The molecule has 1 aliphatic carbocycles. The van der Waals surface area contributed by atoms with Crippen LogP contribution in [-0.2, 0) is 13.6 Å². The Kier molecular flexibility index (Phi) is 4.45. The monoisotopic (exact) mass is 280 g/mol. The van der Waals surface area contributed by atoms with Crippen molar-refractivity contribution in [2.45, 2.75) is 37.8 Å². The van der Waals surface area contributed by atoms with Gasteiger partial charge in [0.25, 0.3) is 0 Å². The summed E-state index contributed by atoms with van der Waals surface area (Å²) in [5, 5.41) is 16.6. The summed E-state index contributed by atoms with van der Waals surface area (Å²) in [6.45, 7) is 1.41. The van der Waals surface area contributed by atoms with Gasteiger partial charge >= 0.3 is 5.97 Å². The van der Waals surface area contributed by atoms with Gasteiger partial charge in [0.05, 0.1) is 11.9 Å². The molecule has 1 saturated carbocycles. The standard InChI is InChI=1S/C14H24N4O2/c1-17(2)14(6-4-5-7-14)10-15-9-12-11(13(19)20)8-16-18(12)3/h8,15H,4-7,9-10H2,1-3H3,(H,19,20). The van der Waals surface area contributed by atoms with Gasteiger partial charge in [-0.3, -0.25) is 4.68 Å². The molecule has 1 aromatic rings. The Bertz CT molecular complexity index is 476. The van der Waals surface area contributed by atoms with Gasteiger partial charge in [-0.25, -0.2) is 4.79 Å². The summed E-state index contributed by atoms with van der Waals surface area (Å²) in [5.41, 5.74) is 1.22. The van der Waals surface area contributed by atoms with Gasteiger partial charge in [-0.05, 0) is 26.9 Å². The summed E-state index contributed by atoms with van der Waals surface area (Å²) >= 11 is 0. The zero-order chi connectivity index (χ0) is 14.8. The third-order valence-corrected chi connectivity index (χ3v) is 4.52. The molecule has 0 radical (unpaired) electrons. The minimum absolute atomic E-state index is 0.210. The molecule has 0 atom stereocenters. The van der Waals surface area contributed by atoms with Gasteiger partial charge in [0.1, 0.15) is 5.56 Å².